The molecule has 0 aliphatic carbocycles. The Kier molecular flexibility index (Phi) is 5.57. The lowest BCUT2D eigenvalue weighted by Crippen LogP contribution is -2.12. The van der Waals surface area contributed by atoms with Crippen molar-refractivity contribution < 1.29 is 9.53 Å². The number of carbonyl (C=O) groups excluding carboxylic acids is 1. The van der Waals surface area contributed by atoms with Gasteiger partial charge in [0.1, 0.15) is 12.2 Å². The molecular weight excluding hydrogens is 252 g/mol. The van der Waals surface area contributed by atoms with Crippen molar-refractivity contribution in [1.82, 2.24) is 0 Å². The molecule has 0 aliphatic heterocycles. The Hall–Kier alpha value is -2.02. The minimum Gasteiger partial charge on any atom is -0.496 e. The van der Waals surface area contributed by atoms with Crippen LogP contribution in [0.2, 0.25) is 0 Å². The second kappa shape index (κ2) is 6.95. The van der Waals surface area contributed by atoms with Crippen molar-refractivity contribution in [3.63, 3.8) is 0 Å². The van der Waals surface area contributed by atoms with Gasteiger partial charge in [-0.3, -0.25) is 4.79 Å². The first-order chi connectivity index (χ1) is 9.40. The molecule has 0 bridgehead atoms. The van der Waals surface area contributed by atoms with Gasteiger partial charge in [-0.2, -0.15) is 5.26 Å². The Morgan fingerprint density at radius 2 is 1.75 bits per heavy atom. The predicted octanol–water partition coefficient (Wildman–Crippen LogP) is 3.79. The van der Waals surface area contributed by atoms with Crippen LogP contribution in [0, 0.1) is 11.3 Å². The van der Waals surface area contributed by atoms with E-state index >= 15 is 0 Å². The molecule has 0 spiro atoms. The Morgan fingerprint density at radius 1 is 1.25 bits per heavy atom. The van der Waals surface area contributed by atoms with E-state index in [1.807, 2.05) is 18.2 Å². The molecule has 0 heterocycles. The standard InChI is InChI=1S/C16H22N2O2/c1-10(2)13-8-12(18-15(19)6-7-17)9-14(11(3)4)16(13)20-5/h8-11H,6H2,1-5H3,(H,18,19). The van der Waals surface area contributed by atoms with E-state index < -0.39 is 0 Å². The topological polar surface area (TPSA) is 62.1 Å². The number of methoxy groups -OCH3 is 1. The molecule has 0 unspecified atom stereocenters. The molecule has 4 heteroatoms. The molecule has 0 atom stereocenters. The third-order valence-corrected chi connectivity index (χ3v) is 3.12. The highest BCUT2D eigenvalue weighted by Gasteiger charge is 2.17. The summed E-state index contributed by atoms with van der Waals surface area (Å²) in [5.41, 5.74) is 2.84. The van der Waals surface area contributed by atoms with Gasteiger partial charge in [0.15, 0.2) is 0 Å². The number of ether oxygens (including phenoxy) is 1. The van der Waals surface area contributed by atoms with Crippen LogP contribution >= 0.6 is 0 Å². The third-order valence-electron chi connectivity index (χ3n) is 3.12. The van der Waals surface area contributed by atoms with E-state index in [1.54, 1.807) is 7.11 Å². The number of nitrogens with one attached hydrogen (secondary N) is 1. The van der Waals surface area contributed by atoms with Crippen LogP contribution in [0.5, 0.6) is 5.75 Å². The van der Waals surface area contributed by atoms with Gasteiger partial charge in [0.2, 0.25) is 5.91 Å². The zero-order valence-corrected chi connectivity index (χ0v) is 12.8. The average Bonchev–Trinajstić information content (AvgIpc) is 2.37. The van der Waals surface area contributed by atoms with Gasteiger partial charge in [-0.15, -0.1) is 0 Å². The lowest BCUT2D eigenvalue weighted by Gasteiger charge is -2.20. The quantitative estimate of drug-likeness (QED) is 0.888. The van der Waals surface area contributed by atoms with Crippen LogP contribution < -0.4 is 10.1 Å². The molecular formula is C16H22N2O2. The number of benzene rings is 1. The zero-order chi connectivity index (χ0) is 15.3. The molecule has 20 heavy (non-hydrogen) atoms. The van der Waals surface area contributed by atoms with Crippen molar-refractivity contribution in [2.45, 2.75) is 46.0 Å². The van der Waals surface area contributed by atoms with E-state index in [-0.39, 0.29) is 24.2 Å². The van der Waals surface area contributed by atoms with Crippen LogP contribution in [0.15, 0.2) is 12.1 Å². The number of hydrogen-bond acceptors (Lipinski definition) is 3. The van der Waals surface area contributed by atoms with Crippen molar-refractivity contribution in [1.29, 1.82) is 5.26 Å². The van der Waals surface area contributed by atoms with E-state index in [4.69, 9.17) is 10.00 Å². The first kappa shape index (κ1) is 16.0. The number of hydrogen-bond donors (Lipinski definition) is 1. The molecule has 0 saturated carbocycles. The Labute approximate surface area is 120 Å². The zero-order valence-electron chi connectivity index (χ0n) is 12.8. The number of nitrogens with zero attached hydrogens (tertiary/aromatic N) is 1. The fourth-order valence-corrected chi connectivity index (χ4v) is 2.12. The van der Waals surface area contributed by atoms with E-state index in [0.717, 1.165) is 22.6 Å². The van der Waals surface area contributed by atoms with Crippen LogP contribution in [0.4, 0.5) is 5.69 Å². The molecule has 0 aromatic heterocycles. The van der Waals surface area contributed by atoms with E-state index in [1.165, 1.54) is 0 Å². The minimum atomic E-state index is -0.290. The van der Waals surface area contributed by atoms with Crippen LogP contribution in [0.25, 0.3) is 0 Å². The Morgan fingerprint density at radius 3 is 2.10 bits per heavy atom. The summed E-state index contributed by atoms with van der Waals surface area (Å²) < 4.78 is 5.54. The predicted molar refractivity (Wildman–Crippen MR) is 80.0 cm³/mol. The number of amides is 1. The summed E-state index contributed by atoms with van der Waals surface area (Å²) in [6.07, 6.45) is -0.139. The second-order valence-corrected chi connectivity index (χ2v) is 5.38. The summed E-state index contributed by atoms with van der Waals surface area (Å²) >= 11 is 0. The van der Waals surface area contributed by atoms with Gasteiger partial charge in [-0.25, -0.2) is 0 Å². The molecule has 0 saturated heterocycles. The summed E-state index contributed by atoms with van der Waals surface area (Å²) in [5, 5.41) is 11.3. The highest BCUT2D eigenvalue weighted by molar-refractivity contribution is 5.92. The lowest BCUT2D eigenvalue weighted by atomic mass is 9.93. The third kappa shape index (κ3) is 3.74. The largest absolute Gasteiger partial charge is 0.496 e. The number of carbonyl (C=O) groups is 1. The molecule has 1 amide bonds. The van der Waals surface area contributed by atoms with Crippen LogP contribution in [0.3, 0.4) is 0 Å². The minimum absolute atomic E-state index is 0.139. The average molecular weight is 274 g/mol. The summed E-state index contributed by atoms with van der Waals surface area (Å²) in [4.78, 5) is 11.6. The van der Waals surface area contributed by atoms with E-state index in [9.17, 15) is 4.79 Å². The van der Waals surface area contributed by atoms with Crippen LogP contribution in [0.1, 0.15) is 57.1 Å². The second-order valence-electron chi connectivity index (χ2n) is 5.38. The summed E-state index contributed by atoms with van der Waals surface area (Å²) in [6.45, 7) is 8.34. The van der Waals surface area contributed by atoms with Crippen molar-refractivity contribution in [3.05, 3.63) is 23.3 Å². The maximum Gasteiger partial charge on any atom is 0.238 e. The smallest absolute Gasteiger partial charge is 0.238 e. The normalized spacial score (nSPS) is 10.5. The molecule has 4 nitrogen and oxygen atoms in total. The molecule has 1 rings (SSSR count). The molecule has 0 aliphatic rings. The van der Waals surface area contributed by atoms with E-state index in [2.05, 4.69) is 33.0 Å². The highest BCUT2D eigenvalue weighted by atomic mass is 16.5. The summed E-state index contributed by atoms with van der Waals surface area (Å²) in [6, 6.07) is 5.69. The summed E-state index contributed by atoms with van der Waals surface area (Å²) in [7, 11) is 1.67. The Bertz CT molecular complexity index is 499. The first-order valence-electron chi connectivity index (χ1n) is 6.79. The van der Waals surface area contributed by atoms with E-state index in [0.29, 0.717) is 0 Å². The number of nitriles is 1. The van der Waals surface area contributed by atoms with Crippen LogP contribution in [-0.4, -0.2) is 13.0 Å². The van der Waals surface area contributed by atoms with Crippen molar-refractivity contribution in [3.8, 4) is 11.8 Å². The summed E-state index contributed by atoms with van der Waals surface area (Å²) in [5.74, 6) is 1.17. The van der Waals surface area contributed by atoms with Gasteiger partial charge in [0.25, 0.3) is 0 Å². The molecule has 0 fully saturated rings. The number of anilines is 1. The van der Waals surface area contributed by atoms with Crippen molar-refractivity contribution in [2.24, 2.45) is 0 Å². The van der Waals surface area contributed by atoms with Gasteiger partial charge in [0.05, 0.1) is 13.2 Å². The van der Waals surface area contributed by atoms with Gasteiger partial charge < -0.3 is 10.1 Å². The fourth-order valence-electron chi connectivity index (χ4n) is 2.12. The number of rotatable bonds is 5. The van der Waals surface area contributed by atoms with Gasteiger partial charge in [-0.1, -0.05) is 27.7 Å². The maximum absolute atomic E-state index is 11.6. The molecule has 1 aromatic carbocycles. The monoisotopic (exact) mass is 274 g/mol. The highest BCUT2D eigenvalue weighted by Crippen LogP contribution is 2.37. The molecule has 1 aromatic rings. The van der Waals surface area contributed by atoms with Crippen molar-refractivity contribution in [2.75, 3.05) is 12.4 Å². The molecule has 0 radical (unpaired) electrons. The Balaban J connectivity index is 3.28. The SMILES string of the molecule is COc1c(C(C)C)cc(NC(=O)CC#N)cc1C(C)C. The first-order valence-corrected chi connectivity index (χ1v) is 6.79. The van der Waals surface area contributed by atoms with Crippen LogP contribution in [-0.2, 0) is 4.79 Å². The van der Waals surface area contributed by atoms with Gasteiger partial charge in [0, 0.05) is 5.69 Å². The van der Waals surface area contributed by atoms with Crippen molar-refractivity contribution >= 4 is 11.6 Å². The van der Waals surface area contributed by atoms with Gasteiger partial charge >= 0.3 is 0 Å². The molecule has 1 N–H and O–H groups in total. The maximum atomic E-state index is 11.6. The molecule has 108 valence electrons. The van der Waals surface area contributed by atoms with Gasteiger partial charge in [-0.05, 0) is 35.1 Å². The lowest BCUT2D eigenvalue weighted by molar-refractivity contribution is -0.115. The fraction of sp³-hybridized carbons (Fsp3) is 0.500.